The lowest BCUT2D eigenvalue weighted by Gasteiger charge is -2.13. The average molecular weight is 259 g/mol. The van der Waals surface area contributed by atoms with E-state index in [1.54, 1.807) is 0 Å². The molecule has 0 aliphatic carbocycles. The fourth-order valence-electron chi connectivity index (χ4n) is 1.98. The zero-order valence-corrected chi connectivity index (χ0v) is 9.41. The first kappa shape index (κ1) is 12.9. The van der Waals surface area contributed by atoms with Crippen molar-refractivity contribution in [2.24, 2.45) is 5.73 Å². The average Bonchev–Trinajstić information content (AvgIpc) is 2.77. The van der Waals surface area contributed by atoms with Crippen LogP contribution in [0.25, 0.3) is 0 Å². The van der Waals surface area contributed by atoms with Crippen molar-refractivity contribution in [3.05, 3.63) is 35.4 Å². The Hall–Kier alpha value is -1.56. The molecule has 1 aromatic carbocycles. The predicted molar refractivity (Wildman–Crippen MR) is 57.5 cm³/mol. The maximum absolute atomic E-state index is 12.4. The molecule has 1 heterocycles. The normalized spacial score (nSPS) is 24.2. The molecule has 1 saturated heterocycles. The standard InChI is InChI=1S/C12H12F3NO2/c13-12(14,15)8-3-1-7(2-4-8)9-5-6-10(18-9)11(16)17/h1-4,9-10H,5-6H2,(H2,16,17). The van der Waals surface area contributed by atoms with E-state index < -0.39 is 23.8 Å². The topological polar surface area (TPSA) is 52.3 Å². The smallest absolute Gasteiger partial charge is 0.367 e. The van der Waals surface area contributed by atoms with Gasteiger partial charge in [-0.1, -0.05) is 12.1 Å². The van der Waals surface area contributed by atoms with Crippen LogP contribution in [0.15, 0.2) is 24.3 Å². The number of ether oxygens (including phenoxy) is 1. The molecule has 0 aromatic heterocycles. The third-order valence-electron chi connectivity index (χ3n) is 2.95. The molecule has 1 fully saturated rings. The molecule has 2 unspecified atom stereocenters. The molecular formula is C12H12F3NO2. The van der Waals surface area contributed by atoms with Gasteiger partial charge < -0.3 is 10.5 Å². The summed E-state index contributed by atoms with van der Waals surface area (Å²) >= 11 is 0. The van der Waals surface area contributed by atoms with E-state index in [1.807, 2.05) is 0 Å². The van der Waals surface area contributed by atoms with Crippen molar-refractivity contribution >= 4 is 5.91 Å². The number of primary amides is 1. The number of amides is 1. The lowest BCUT2D eigenvalue weighted by atomic mass is 10.0. The van der Waals surface area contributed by atoms with Crippen molar-refractivity contribution in [3.63, 3.8) is 0 Å². The van der Waals surface area contributed by atoms with Crippen molar-refractivity contribution < 1.29 is 22.7 Å². The number of carbonyl (C=O) groups excluding carboxylic acids is 1. The van der Waals surface area contributed by atoms with Crippen molar-refractivity contribution in [2.75, 3.05) is 0 Å². The molecule has 3 nitrogen and oxygen atoms in total. The summed E-state index contributed by atoms with van der Waals surface area (Å²) in [5, 5.41) is 0. The molecule has 0 radical (unpaired) electrons. The van der Waals surface area contributed by atoms with E-state index >= 15 is 0 Å². The Labute approximate surface area is 102 Å². The monoisotopic (exact) mass is 259 g/mol. The Morgan fingerprint density at radius 1 is 1.22 bits per heavy atom. The molecule has 0 bridgehead atoms. The van der Waals surface area contributed by atoms with E-state index in [9.17, 15) is 18.0 Å². The minimum Gasteiger partial charge on any atom is -0.367 e. The highest BCUT2D eigenvalue weighted by molar-refractivity contribution is 5.79. The second-order valence-electron chi connectivity index (χ2n) is 4.21. The predicted octanol–water partition coefficient (Wildman–Crippen LogP) is 2.41. The third-order valence-corrected chi connectivity index (χ3v) is 2.95. The SMILES string of the molecule is NC(=O)C1CCC(c2ccc(C(F)(F)F)cc2)O1. The van der Waals surface area contributed by atoms with Crippen molar-refractivity contribution in [1.29, 1.82) is 0 Å². The molecule has 98 valence electrons. The van der Waals surface area contributed by atoms with Gasteiger partial charge in [0.05, 0.1) is 11.7 Å². The molecule has 1 aromatic rings. The first-order valence-corrected chi connectivity index (χ1v) is 5.50. The third kappa shape index (κ3) is 2.64. The summed E-state index contributed by atoms with van der Waals surface area (Å²) in [5.74, 6) is -0.538. The lowest BCUT2D eigenvalue weighted by Crippen LogP contribution is -2.27. The summed E-state index contributed by atoms with van der Waals surface area (Å²) in [7, 11) is 0. The zero-order chi connectivity index (χ0) is 13.3. The van der Waals surface area contributed by atoms with Gasteiger partial charge in [-0.3, -0.25) is 4.79 Å². The van der Waals surface area contributed by atoms with Crippen molar-refractivity contribution in [2.45, 2.75) is 31.2 Å². The summed E-state index contributed by atoms with van der Waals surface area (Å²) < 4.78 is 42.5. The van der Waals surface area contributed by atoms with Crippen LogP contribution >= 0.6 is 0 Å². The minimum absolute atomic E-state index is 0.357. The molecule has 1 amide bonds. The van der Waals surface area contributed by atoms with Crippen LogP contribution in [0.5, 0.6) is 0 Å². The number of hydrogen-bond donors (Lipinski definition) is 1. The van der Waals surface area contributed by atoms with Crippen LogP contribution in [0, 0.1) is 0 Å². The molecule has 0 saturated carbocycles. The van der Waals surface area contributed by atoms with Crippen LogP contribution < -0.4 is 5.73 Å². The fraction of sp³-hybridized carbons (Fsp3) is 0.417. The van der Waals surface area contributed by atoms with E-state index in [1.165, 1.54) is 12.1 Å². The summed E-state index contributed by atoms with van der Waals surface area (Å²) in [6, 6.07) is 4.76. The summed E-state index contributed by atoms with van der Waals surface area (Å²) in [4.78, 5) is 10.9. The van der Waals surface area contributed by atoms with Crippen LogP contribution in [0.3, 0.4) is 0 Å². The molecule has 1 aliphatic rings. The highest BCUT2D eigenvalue weighted by atomic mass is 19.4. The largest absolute Gasteiger partial charge is 0.416 e. The number of nitrogens with two attached hydrogens (primary N) is 1. The molecule has 1 aliphatic heterocycles. The van der Waals surface area contributed by atoms with Gasteiger partial charge in [0.1, 0.15) is 6.10 Å². The van der Waals surface area contributed by atoms with Gasteiger partial charge in [0.2, 0.25) is 5.91 Å². The van der Waals surface area contributed by atoms with Crippen molar-refractivity contribution in [1.82, 2.24) is 0 Å². The Balaban J connectivity index is 2.10. The van der Waals surface area contributed by atoms with E-state index in [0.717, 1.165) is 12.1 Å². The first-order valence-electron chi connectivity index (χ1n) is 5.50. The number of halogens is 3. The van der Waals surface area contributed by atoms with Gasteiger partial charge in [0.15, 0.2) is 0 Å². The Bertz CT molecular complexity index is 442. The van der Waals surface area contributed by atoms with Crippen LogP contribution in [-0.4, -0.2) is 12.0 Å². The minimum atomic E-state index is -4.34. The maximum atomic E-state index is 12.4. The van der Waals surface area contributed by atoms with Gasteiger partial charge in [0.25, 0.3) is 0 Å². The summed E-state index contributed by atoms with van der Waals surface area (Å²) in [6.45, 7) is 0. The van der Waals surface area contributed by atoms with Gasteiger partial charge in [-0.25, -0.2) is 0 Å². The number of benzene rings is 1. The number of hydrogen-bond acceptors (Lipinski definition) is 2. The number of rotatable bonds is 2. The fourth-order valence-corrected chi connectivity index (χ4v) is 1.98. The second-order valence-corrected chi connectivity index (χ2v) is 4.21. The lowest BCUT2D eigenvalue weighted by molar-refractivity contribution is -0.137. The first-order chi connectivity index (χ1) is 8.38. The molecule has 2 rings (SSSR count). The summed E-state index contributed by atoms with van der Waals surface area (Å²) in [6.07, 6.45) is -4.26. The van der Waals surface area contributed by atoms with E-state index in [4.69, 9.17) is 10.5 Å². The number of carbonyl (C=O) groups is 1. The second kappa shape index (κ2) is 4.61. The van der Waals surface area contributed by atoms with Gasteiger partial charge >= 0.3 is 6.18 Å². The molecule has 2 atom stereocenters. The molecule has 2 N–H and O–H groups in total. The Kier molecular flexibility index (Phi) is 3.30. The maximum Gasteiger partial charge on any atom is 0.416 e. The van der Waals surface area contributed by atoms with Gasteiger partial charge in [-0.15, -0.1) is 0 Å². The van der Waals surface area contributed by atoms with Crippen LogP contribution in [-0.2, 0) is 15.7 Å². The van der Waals surface area contributed by atoms with Crippen LogP contribution in [0.4, 0.5) is 13.2 Å². The molecule has 0 spiro atoms. The Morgan fingerprint density at radius 2 is 1.83 bits per heavy atom. The quantitative estimate of drug-likeness (QED) is 0.886. The highest BCUT2D eigenvalue weighted by Crippen LogP contribution is 2.35. The van der Waals surface area contributed by atoms with Crippen molar-refractivity contribution in [3.8, 4) is 0 Å². The summed E-state index contributed by atoms with van der Waals surface area (Å²) in [5.41, 5.74) is 5.04. The molecule has 18 heavy (non-hydrogen) atoms. The van der Waals surface area contributed by atoms with Crippen LogP contribution in [0.1, 0.15) is 30.1 Å². The molecular weight excluding hydrogens is 247 g/mol. The van der Waals surface area contributed by atoms with E-state index in [2.05, 4.69) is 0 Å². The number of alkyl halides is 3. The van der Waals surface area contributed by atoms with Gasteiger partial charge in [-0.2, -0.15) is 13.2 Å². The Morgan fingerprint density at radius 3 is 2.28 bits per heavy atom. The zero-order valence-electron chi connectivity index (χ0n) is 9.41. The van der Waals surface area contributed by atoms with Gasteiger partial charge in [-0.05, 0) is 30.5 Å². The van der Waals surface area contributed by atoms with Crippen LogP contribution in [0.2, 0.25) is 0 Å². The molecule has 6 heteroatoms. The van der Waals surface area contributed by atoms with Gasteiger partial charge in [0, 0.05) is 0 Å². The van der Waals surface area contributed by atoms with E-state index in [-0.39, 0.29) is 6.10 Å². The van der Waals surface area contributed by atoms with E-state index in [0.29, 0.717) is 18.4 Å². The highest BCUT2D eigenvalue weighted by Gasteiger charge is 2.32.